The lowest BCUT2D eigenvalue weighted by atomic mass is 9.67. The molecule has 13 rings (SSSR count). The van der Waals surface area contributed by atoms with Crippen LogP contribution in [0.5, 0.6) is 0 Å². The number of nitriles is 2. The van der Waals surface area contributed by atoms with Crippen LogP contribution >= 0.6 is 0 Å². The molecule has 1 aliphatic rings. The van der Waals surface area contributed by atoms with Gasteiger partial charge in [0, 0.05) is 38.7 Å². The van der Waals surface area contributed by atoms with E-state index >= 15 is 0 Å². The van der Waals surface area contributed by atoms with E-state index in [2.05, 4.69) is 143 Å². The molecule has 1 aliphatic carbocycles. The smallest absolute Gasteiger partial charge is 0.160 e. The number of nitrogens with zero attached hydrogens (tertiary/aromatic N) is 4. The van der Waals surface area contributed by atoms with Crippen LogP contribution in [0.3, 0.4) is 0 Å². The lowest BCUT2D eigenvalue weighted by molar-refractivity contribution is 0.668. The van der Waals surface area contributed by atoms with Crippen LogP contribution < -0.4 is 9.80 Å². The molecule has 0 unspecified atom stereocenters. The number of furan rings is 2. The van der Waals surface area contributed by atoms with Gasteiger partial charge in [0.15, 0.2) is 5.58 Å². The van der Waals surface area contributed by atoms with Gasteiger partial charge in [-0.1, -0.05) is 158 Å². The van der Waals surface area contributed by atoms with E-state index in [4.69, 9.17) is 8.83 Å². The van der Waals surface area contributed by atoms with Crippen molar-refractivity contribution in [1.82, 2.24) is 0 Å². The van der Waals surface area contributed by atoms with Crippen LogP contribution in [0.1, 0.15) is 33.4 Å². The van der Waals surface area contributed by atoms with E-state index in [-0.39, 0.29) is 0 Å². The average molecular weight is 883 g/mol. The molecule has 12 aromatic rings. The van der Waals surface area contributed by atoms with Crippen LogP contribution in [-0.2, 0) is 5.41 Å². The Morgan fingerprint density at radius 2 is 0.768 bits per heavy atom. The van der Waals surface area contributed by atoms with Crippen LogP contribution in [0.2, 0.25) is 0 Å². The second-order valence-corrected chi connectivity index (χ2v) is 17.3. The number of hydrogen-bond acceptors (Lipinski definition) is 6. The van der Waals surface area contributed by atoms with Gasteiger partial charge in [-0.05, 0) is 95.1 Å². The molecule has 6 heteroatoms. The highest BCUT2D eigenvalue weighted by Crippen LogP contribution is 2.64. The summed E-state index contributed by atoms with van der Waals surface area (Å²) in [6, 6.07) is 83.7. The standard InChI is InChI=1S/C63H38N4O2/c64-39-41-21-13-17-33-51(41)66(45-27-9-3-10-28-45)53-37-50-60(62-57(53)47-31-15-19-35-55(47)69-62)59-49(63(50,43-23-5-1-6-24-43)44-25-7-2-8-26-44)38-54(61-58(59)48-32-16-20-36-56(48)68-61)67(46-29-11-4-12-30-46)52-34-18-14-22-42(52)40-65/h1-38H. The highest BCUT2D eigenvalue weighted by Gasteiger charge is 2.50. The minimum Gasteiger partial charge on any atom is -0.455 e. The highest BCUT2D eigenvalue weighted by atomic mass is 16.3. The molecule has 0 N–H and O–H groups in total. The number of anilines is 6. The molecule has 0 saturated carbocycles. The minimum atomic E-state index is -0.968. The maximum atomic E-state index is 10.8. The predicted octanol–water partition coefficient (Wildman–Crippen LogP) is 16.5. The molecule has 0 saturated heterocycles. The molecular weight excluding hydrogens is 845 g/mol. The molecule has 69 heavy (non-hydrogen) atoms. The average Bonchev–Trinajstić information content (AvgIpc) is 4.09. The number of para-hydroxylation sites is 6. The molecule has 0 amide bonds. The van der Waals surface area contributed by atoms with Gasteiger partial charge in [0.25, 0.3) is 0 Å². The van der Waals surface area contributed by atoms with E-state index < -0.39 is 5.41 Å². The Labute approximate surface area is 398 Å². The molecule has 2 aromatic heterocycles. The fourth-order valence-electron chi connectivity index (χ4n) is 11.0. The maximum Gasteiger partial charge on any atom is 0.160 e. The van der Waals surface area contributed by atoms with E-state index in [1.165, 1.54) is 0 Å². The predicted molar refractivity (Wildman–Crippen MR) is 277 cm³/mol. The van der Waals surface area contributed by atoms with Gasteiger partial charge < -0.3 is 18.6 Å². The zero-order valence-corrected chi connectivity index (χ0v) is 37.0. The van der Waals surface area contributed by atoms with Crippen LogP contribution in [0, 0.1) is 22.7 Å². The van der Waals surface area contributed by atoms with Crippen molar-refractivity contribution in [3.05, 3.63) is 264 Å². The van der Waals surface area contributed by atoms with Crippen LogP contribution in [0.25, 0.3) is 55.0 Å². The lowest BCUT2D eigenvalue weighted by Gasteiger charge is -2.36. The third-order valence-corrected chi connectivity index (χ3v) is 13.8. The summed E-state index contributed by atoms with van der Waals surface area (Å²) in [5, 5.41) is 25.3. The summed E-state index contributed by atoms with van der Waals surface area (Å²) in [5.41, 5.74) is 14.0. The van der Waals surface area contributed by atoms with Gasteiger partial charge in [-0.25, -0.2) is 0 Å². The van der Waals surface area contributed by atoms with Crippen molar-refractivity contribution in [2.24, 2.45) is 0 Å². The fourth-order valence-corrected chi connectivity index (χ4v) is 11.0. The molecule has 0 spiro atoms. The first-order chi connectivity index (χ1) is 34.2. The van der Waals surface area contributed by atoms with Crippen molar-refractivity contribution >= 4 is 78.0 Å². The maximum absolute atomic E-state index is 10.8. The van der Waals surface area contributed by atoms with E-state index in [0.717, 1.165) is 106 Å². The normalized spacial score (nSPS) is 12.4. The molecule has 6 nitrogen and oxygen atoms in total. The van der Waals surface area contributed by atoms with Gasteiger partial charge in [-0.3, -0.25) is 0 Å². The summed E-state index contributed by atoms with van der Waals surface area (Å²) in [4.78, 5) is 4.39. The molecule has 0 bridgehead atoms. The molecule has 10 aromatic carbocycles. The first-order valence-corrected chi connectivity index (χ1v) is 23.0. The Hall–Kier alpha value is -9.62. The van der Waals surface area contributed by atoms with Crippen LogP contribution in [0.15, 0.2) is 239 Å². The lowest BCUT2D eigenvalue weighted by Crippen LogP contribution is -2.29. The first kappa shape index (κ1) is 39.7. The third-order valence-electron chi connectivity index (χ3n) is 13.8. The number of fused-ring (bicyclic) bond motifs is 11. The molecular formula is C63H38N4O2. The van der Waals surface area contributed by atoms with Crippen molar-refractivity contribution in [3.8, 4) is 23.3 Å². The van der Waals surface area contributed by atoms with Gasteiger partial charge in [0.1, 0.15) is 28.9 Å². The Morgan fingerprint density at radius 3 is 1.30 bits per heavy atom. The first-order valence-electron chi connectivity index (χ1n) is 23.0. The number of rotatable bonds is 8. The second kappa shape index (κ2) is 15.8. The van der Waals surface area contributed by atoms with Crippen molar-refractivity contribution in [2.75, 3.05) is 9.80 Å². The SMILES string of the molecule is N#Cc1ccccc1N(c1ccccc1)c1cc2c(c3c1oc1ccccc13)-c1c(cc(N(c3ccccc3)c3ccccc3C#N)c3c1oc1ccccc13)C2(c1ccccc1)c1ccccc1. The summed E-state index contributed by atoms with van der Waals surface area (Å²) in [5.74, 6) is 0. The third kappa shape index (κ3) is 5.83. The number of benzene rings is 10. The molecule has 2 heterocycles. The Balaban J connectivity index is 1.28. The quantitative estimate of drug-likeness (QED) is 0.151. The van der Waals surface area contributed by atoms with E-state index in [0.29, 0.717) is 16.7 Å². The van der Waals surface area contributed by atoms with Crippen LogP contribution in [-0.4, -0.2) is 0 Å². The summed E-state index contributed by atoms with van der Waals surface area (Å²) < 4.78 is 14.5. The minimum absolute atomic E-state index is 0.527. The Bertz CT molecular complexity index is 4010. The number of hydrogen-bond donors (Lipinski definition) is 0. The van der Waals surface area contributed by atoms with Crippen molar-refractivity contribution < 1.29 is 8.83 Å². The Morgan fingerprint density at radius 1 is 0.362 bits per heavy atom. The summed E-state index contributed by atoms with van der Waals surface area (Å²) in [6.07, 6.45) is 0. The molecule has 0 atom stereocenters. The molecule has 0 fully saturated rings. The van der Waals surface area contributed by atoms with Gasteiger partial charge >= 0.3 is 0 Å². The summed E-state index contributed by atoms with van der Waals surface area (Å²) >= 11 is 0. The fraction of sp³-hybridized carbons (Fsp3) is 0.0159. The molecule has 322 valence electrons. The van der Waals surface area contributed by atoms with Gasteiger partial charge in [-0.15, -0.1) is 0 Å². The summed E-state index contributed by atoms with van der Waals surface area (Å²) in [6.45, 7) is 0. The van der Waals surface area contributed by atoms with Crippen molar-refractivity contribution in [2.45, 2.75) is 5.41 Å². The van der Waals surface area contributed by atoms with E-state index in [1.807, 2.05) is 109 Å². The highest BCUT2D eigenvalue weighted by molar-refractivity contribution is 6.26. The van der Waals surface area contributed by atoms with Crippen molar-refractivity contribution in [1.29, 1.82) is 10.5 Å². The van der Waals surface area contributed by atoms with Crippen molar-refractivity contribution in [3.63, 3.8) is 0 Å². The van der Waals surface area contributed by atoms with Gasteiger partial charge in [-0.2, -0.15) is 10.5 Å². The van der Waals surface area contributed by atoms with E-state index in [1.54, 1.807) is 0 Å². The zero-order chi connectivity index (χ0) is 46.1. The topological polar surface area (TPSA) is 80.3 Å². The second-order valence-electron chi connectivity index (χ2n) is 17.3. The monoisotopic (exact) mass is 882 g/mol. The molecule has 0 radical (unpaired) electrons. The summed E-state index contributed by atoms with van der Waals surface area (Å²) in [7, 11) is 0. The van der Waals surface area contributed by atoms with Gasteiger partial charge in [0.05, 0.1) is 44.7 Å². The van der Waals surface area contributed by atoms with Gasteiger partial charge in [0.2, 0.25) is 0 Å². The van der Waals surface area contributed by atoms with E-state index in [9.17, 15) is 10.5 Å². The van der Waals surface area contributed by atoms with Crippen LogP contribution in [0.4, 0.5) is 34.1 Å². The largest absolute Gasteiger partial charge is 0.455 e. The Kier molecular flexibility index (Phi) is 9.08. The zero-order valence-electron chi connectivity index (χ0n) is 37.0. The molecule has 0 aliphatic heterocycles.